The lowest BCUT2D eigenvalue weighted by Gasteiger charge is -2.07. The number of hydrogen-bond donors (Lipinski definition) is 1. The van der Waals surface area contributed by atoms with Gasteiger partial charge >= 0.3 is 0 Å². The van der Waals surface area contributed by atoms with E-state index in [9.17, 15) is 4.79 Å². The maximum Gasteiger partial charge on any atom is 0.139 e. The molecule has 0 saturated carbocycles. The Hall–Kier alpha value is -3.58. The van der Waals surface area contributed by atoms with Gasteiger partial charge in [-0.3, -0.25) is 0 Å². The monoisotopic (exact) mass is 404 g/mol. The summed E-state index contributed by atoms with van der Waals surface area (Å²) in [7, 11) is 0. The van der Waals surface area contributed by atoms with Crippen LogP contribution in [0, 0.1) is 11.3 Å². The summed E-state index contributed by atoms with van der Waals surface area (Å²) < 4.78 is 5.65. The number of benzene rings is 3. The second-order valence-electron chi connectivity index (χ2n) is 5.32. The van der Waals surface area contributed by atoms with E-state index in [2.05, 4.69) is 5.32 Å². The van der Waals surface area contributed by atoms with E-state index in [0.29, 0.717) is 18.7 Å². The van der Waals surface area contributed by atoms with Crippen molar-refractivity contribution in [2.45, 2.75) is 34.3 Å². The fourth-order valence-electron chi connectivity index (χ4n) is 2.08. The van der Waals surface area contributed by atoms with Gasteiger partial charge in [-0.05, 0) is 42.0 Å². The number of nitriles is 1. The van der Waals surface area contributed by atoms with E-state index in [1.54, 1.807) is 12.1 Å². The van der Waals surface area contributed by atoms with Crippen LogP contribution in [-0.4, -0.2) is 12.8 Å². The zero-order chi connectivity index (χ0) is 22.5. The highest BCUT2D eigenvalue weighted by atomic mass is 16.5. The number of ether oxygens (including phenoxy) is 1. The SMILES string of the molecule is CC.CC.N#Cc1ccccc1.O=CCNc1ccc(OCc2ccccc2)cc1. The Bertz CT molecular complexity index is 811. The second-order valence-corrected chi connectivity index (χ2v) is 5.32. The van der Waals surface area contributed by atoms with Crippen LogP contribution in [0.15, 0.2) is 84.9 Å². The molecule has 0 saturated heterocycles. The highest BCUT2D eigenvalue weighted by molar-refractivity contribution is 5.59. The molecule has 4 nitrogen and oxygen atoms in total. The first kappa shape index (κ1) is 26.4. The molecule has 0 amide bonds. The van der Waals surface area contributed by atoms with Crippen LogP contribution < -0.4 is 10.1 Å². The van der Waals surface area contributed by atoms with Gasteiger partial charge in [0.05, 0.1) is 18.2 Å². The van der Waals surface area contributed by atoms with Crippen molar-refractivity contribution < 1.29 is 9.53 Å². The van der Waals surface area contributed by atoms with Gasteiger partial charge in [0.15, 0.2) is 0 Å². The molecule has 0 heterocycles. The van der Waals surface area contributed by atoms with E-state index in [-0.39, 0.29) is 0 Å². The molecule has 158 valence electrons. The predicted molar refractivity (Wildman–Crippen MR) is 126 cm³/mol. The molecule has 3 rings (SSSR count). The van der Waals surface area contributed by atoms with Crippen LogP contribution in [0.1, 0.15) is 38.8 Å². The Labute approximate surface area is 181 Å². The lowest BCUT2D eigenvalue weighted by molar-refractivity contribution is -0.106. The van der Waals surface area contributed by atoms with Crippen LogP contribution >= 0.6 is 0 Å². The first-order chi connectivity index (χ1) is 14.8. The number of rotatable bonds is 6. The van der Waals surface area contributed by atoms with Crippen molar-refractivity contribution in [3.63, 3.8) is 0 Å². The topological polar surface area (TPSA) is 62.1 Å². The van der Waals surface area contributed by atoms with Crippen molar-refractivity contribution in [3.8, 4) is 11.8 Å². The number of aldehydes is 1. The molecule has 0 fully saturated rings. The van der Waals surface area contributed by atoms with Crippen molar-refractivity contribution in [1.29, 1.82) is 5.26 Å². The number of nitrogens with zero attached hydrogens (tertiary/aromatic N) is 1. The number of carbonyl (C=O) groups excluding carboxylic acids is 1. The van der Waals surface area contributed by atoms with E-state index in [1.165, 1.54) is 0 Å². The van der Waals surface area contributed by atoms with Crippen molar-refractivity contribution in [2.75, 3.05) is 11.9 Å². The fraction of sp³-hybridized carbons (Fsp3) is 0.231. The summed E-state index contributed by atoms with van der Waals surface area (Å²) in [6.07, 6.45) is 0.833. The minimum atomic E-state index is 0.324. The third-order valence-electron chi connectivity index (χ3n) is 3.40. The van der Waals surface area contributed by atoms with Gasteiger partial charge in [0.1, 0.15) is 18.6 Å². The first-order valence-electron chi connectivity index (χ1n) is 10.2. The minimum Gasteiger partial charge on any atom is -0.489 e. The van der Waals surface area contributed by atoms with E-state index in [4.69, 9.17) is 10.00 Å². The summed E-state index contributed by atoms with van der Waals surface area (Å²) in [6, 6.07) is 28.7. The quantitative estimate of drug-likeness (QED) is 0.477. The maximum atomic E-state index is 10.2. The van der Waals surface area contributed by atoms with E-state index in [0.717, 1.165) is 23.3 Å². The maximum absolute atomic E-state index is 10.2. The summed E-state index contributed by atoms with van der Waals surface area (Å²) in [4.78, 5) is 10.2. The normalized spacial score (nSPS) is 8.37. The first-order valence-corrected chi connectivity index (χ1v) is 10.2. The molecule has 30 heavy (non-hydrogen) atoms. The Balaban J connectivity index is 0.000000585. The lowest BCUT2D eigenvalue weighted by Crippen LogP contribution is -2.01. The molecule has 0 aliphatic carbocycles. The smallest absolute Gasteiger partial charge is 0.139 e. The molecule has 4 heteroatoms. The van der Waals surface area contributed by atoms with Gasteiger partial charge in [-0.15, -0.1) is 0 Å². The molecule has 3 aromatic rings. The van der Waals surface area contributed by atoms with Crippen LogP contribution in [-0.2, 0) is 11.4 Å². The van der Waals surface area contributed by atoms with E-state index >= 15 is 0 Å². The van der Waals surface area contributed by atoms with Crippen LogP contribution in [0.4, 0.5) is 5.69 Å². The number of carbonyl (C=O) groups is 1. The summed E-state index contributed by atoms with van der Waals surface area (Å²) in [5.74, 6) is 0.815. The van der Waals surface area contributed by atoms with Crippen molar-refractivity contribution >= 4 is 12.0 Å². The van der Waals surface area contributed by atoms with Gasteiger partial charge in [-0.25, -0.2) is 0 Å². The molecule has 3 aromatic carbocycles. The predicted octanol–water partition coefficient (Wildman–Crippen LogP) is 6.49. The van der Waals surface area contributed by atoms with Crippen molar-refractivity contribution in [1.82, 2.24) is 0 Å². The zero-order valence-corrected chi connectivity index (χ0v) is 18.3. The zero-order valence-electron chi connectivity index (χ0n) is 18.3. The molecular weight excluding hydrogens is 372 g/mol. The highest BCUT2D eigenvalue weighted by Gasteiger charge is 1.96. The molecule has 0 aliphatic heterocycles. The van der Waals surface area contributed by atoms with Crippen molar-refractivity contribution in [3.05, 3.63) is 96.1 Å². The Kier molecular flexibility index (Phi) is 16.5. The van der Waals surface area contributed by atoms with Crippen LogP contribution in [0.3, 0.4) is 0 Å². The van der Waals surface area contributed by atoms with Crippen LogP contribution in [0.2, 0.25) is 0 Å². The van der Waals surface area contributed by atoms with Gasteiger partial charge in [0.25, 0.3) is 0 Å². The van der Waals surface area contributed by atoms with Gasteiger partial charge in [-0.1, -0.05) is 76.2 Å². The number of anilines is 1. The number of hydrogen-bond acceptors (Lipinski definition) is 4. The van der Waals surface area contributed by atoms with Crippen LogP contribution in [0.5, 0.6) is 5.75 Å². The molecule has 0 radical (unpaired) electrons. The summed E-state index contributed by atoms with van der Waals surface area (Å²) in [5.41, 5.74) is 2.77. The van der Waals surface area contributed by atoms with Crippen molar-refractivity contribution in [2.24, 2.45) is 0 Å². The molecule has 0 atom stereocenters. The number of nitrogens with one attached hydrogen (secondary N) is 1. The molecule has 0 aromatic heterocycles. The van der Waals surface area contributed by atoms with Gasteiger partial charge in [0.2, 0.25) is 0 Å². The standard InChI is InChI=1S/C15H15NO2.C7H5N.2C2H6/c17-11-10-16-14-6-8-15(9-7-14)18-12-13-4-2-1-3-5-13;8-6-7-4-2-1-3-5-7;2*1-2/h1-9,11,16H,10,12H2;1-5H;2*1-2H3. The van der Waals surface area contributed by atoms with E-state index < -0.39 is 0 Å². The summed E-state index contributed by atoms with van der Waals surface area (Å²) in [6.45, 7) is 8.88. The summed E-state index contributed by atoms with van der Waals surface area (Å²) in [5, 5.41) is 11.3. The van der Waals surface area contributed by atoms with E-state index in [1.807, 2.05) is 107 Å². The summed E-state index contributed by atoms with van der Waals surface area (Å²) >= 11 is 0. The minimum absolute atomic E-state index is 0.324. The molecule has 0 bridgehead atoms. The Morgan fingerprint density at radius 3 is 1.83 bits per heavy atom. The van der Waals surface area contributed by atoms with Crippen LogP contribution in [0.25, 0.3) is 0 Å². The molecule has 0 aliphatic rings. The van der Waals surface area contributed by atoms with Gasteiger partial charge < -0.3 is 14.8 Å². The molecule has 0 spiro atoms. The molecular formula is C26H32N2O2. The average molecular weight is 405 g/mol. The molecule has 0 unspecified atom stereocenters. The van der Waals surface area contributed by atoms with Gasteiger partial charge in [0, 0.05) is 5.69 Å². The Morgan fingerprint density at radius 1 is 0.833 bits per heavy atom. The largest absolute Gasteiger partial charge is 0.489 e. The average Bonchev–Trinajstić information content (AvgIpc) is 2.86. The third kappa shape index (κ3) is 12.0. The Morgan fingerprint density at radius 2 is 1.37 bits per heavy atom. The fourth-order valence-corrected chi connectivity index (χ4v) is 2.08. The van der Waals surface area contributed by atoms with Gasteiger partial charge in [-0.2, -0.15) is 5.26 Å². The highest BCUT2D eigenvalue weighted by Crippen LogP contribution is 2.16. The molecule has 1 N–H and O–H groups in total. The third-order valence-corrected chi connectivity index (χ3v) is 3.40. The lowest BCUT2D eigenvalue weighted by atomic mass is 10.2. The second kappa shape index (κ2) is 18.8.